The summed E-state index contributed by atoms with van der Waals surface area (Å²) in [4.78, 5) is 29.5. The minimum absolute atomic E-state index is 0.132. The van der Waals surface area contributed by atoms with E-state index in [9.17, 15) is 9.59 Å². The van der Waals surface area contributed by atoms with Crippen LogP contribution in [-0.2, 0) is 9.59 Å². The number of hydrogen-bond acceptors (Lipinski definition) is 3. The molecule has 4 fully saturated rings. The van der Waals surface area contributed by atoms with E-state index in [1.165, 1.54) is 44.9 Å². The Labute approximate surface area is 149 Å². The molecule has 3 saturated heterocycles. The minimum atomic E-state index is -0.212. The molecule has 0 aromatic heterocycles. The van der Waals surface area contributed by atoms with Gasteiger partial charge in [0.15, 0.2) is 0 Å². The van der Waals surface area contributed by atoms with Crippen molar-refractivity contribution in [3.63, 3.8) is 0 Å². The molecule has 0 aromatic rings. The van der Waals surface area contributed by atoms with Crippen LogP contribution in [0.15, 0.2) is 0 Å². The maximum absolute atomic E-state index is 13.3. The Balaban J connectivity index is 1.49. The van der Waals surface area contributed by atoms with E-state index < -0.39 is 0 Å². The first-order valence-corrected chi connectivity index (χ1v) is 10.8. The number of hydrogen-bond donors (Lipinski definition) is 0. The summed E-state index contributed by atoms with van der Waals surface area (Å²) >= 11 is 1.81. The third kappa shape index (κ3) is 2.77. The van der Waals surface area contributed by atoms with E-state index >= 15 is 0 Å². The van der Waals surface area contributed by atoms with Crippen LogP contribution in [0.5, 0.6) is 0 Å². The highest BCUT2D eigenvalue weighted by Crippen LogP contribution is 2.48. The van der Waals surface area contributed by atoms with Crippen LogP contribution in [-0.4, -0.2) is 51.4 Å². The predicted molar refractivity (Wildman–Crippen MR) is 96.7 cm³/mol. The van der Waals surface area contributed by atoms with Crippen LogP contribution in [0.4, 0.5) is 0 Å². The molecule has 0 radical (unpaired) electrons. The van der Waals surface area contributed by atoms with Crippen LogP contribution in [0.2, 0.25) is 0 Å². The van der Waals surface area contributed by atoms with Gasteiger partial charge in [-0.25, -0.2) is 0 Å². The van der Waals surface area contributed by atoms with Crippen LogP contribution < -0.4 is 0 Å². The van der Waals surface area contributed by atoms with Gasteiger partial charge in [-0.1, -0.05) is 25.7 Å². The van der Waals surface area contributed by atoms with Crippen LogP contribution in [0, 0.1) is 5.41 Å². The largest absolute Gasteiger partial charge is 0.340 e. The second-order valence-corrected chi connectivity index (χ2v) is 10.0. The summed E-state index contributed by atoms with van der Waals surface area (Å²) in [7, 11) is 0. The van der Waals surface area contributed by atoms with E-state index in [1.54, 1.807) is 0 Å². The number of piperidine rings is 1. The molecule has 0 unspecified atom stereocenters. The third-order valence-corrected chi connectivity index (χ3v) is 8.37. The third-order valence-electron chi connectivity index (χ3n) is 6.87. The van der Waals surface area contributed by atoms with Gasteiger partial charge >= 0.3 is 0 Å². The number of nitrogens with zero attached hydrogens (tertiary/aromatic N) is 2. The summed E-state index contributed by atoms with van der Waals surface area (Å²) in [5.41, 5.74) is 0.370. The summed E-state index contributed by atoms with van der Waals surface area (Å²) in [6.45, 7) is 3.96. The summed E-state index contributed by atoms with van der Waals surface area (Å²) in [6, 6.07) is -0.212. The summed E-state index contributed by atoms with van der Waals surface area (Å²) in [6.07, 6.45) is 11.9. The van der Waals surface area contributed by atoms with Gasteiger partial charge in [0, 0.05) is 25.3 Å². The first-order chi connectivity index (χ1) is 11.5. The fraction of sp³-hybridized carbons (Fsp3) is 0.895. The van der Waals surface area contributed by atoms with Gasteiger partial charge in [0.1, 0.15) is 6.04 Å². The van der Waals surface area contributed by atoms with Crippen molar-refractivity contribution in [2.75, 3.05) is 18.8 Å². The quantitative estimate of drug-likeness (QED) is 0.728. The Morgan fingerprint density at radius 1 is 1.08 bits per heavy atom. The molecule has 5 heteroatoms. The van der Waals surface area contributed by atoms with Gasteiger partial charge in [-0.15, -0.1) is 11.8 Å². The Morgan fingerprint density at radius 3 is 2.54 bits per heavy atom. The van der Waals surface area contributed by atoms with Crippen molar-refractivity contribution in [2.45, 2.75) is 82.0 Å². The average Bonchev–Trinajstić information content (AvgIpc) is 2.96. The Morgan fingerprint density at radius 2 is 1.79 bits per heavy atom. The van der Waals surface area contributed by atoms with Gasteiger partial charge in [0.05, 0.1) is 4.87 Å². The normalized spacial score (nSPS) is 36.0. The van der Waals surface area contributed by atoms with Gasteiger partial charge in [0.2, 0.25) is 11.8 Å². The number of fused-ring (bicyclic) bond motifs is 1. The molecule has 2 amide bonds. The summed E-state index contributed by atoms with van der Waals surface area (Å²) in [5.74, 6) is 1.19. The Bertz CT molecular complexity index is 529. The molecule has 1 saturated carbocycles. The molecule has 0 aromatic carbocycles. The zero-order valence-corrected chi connectivity index (χ0v) is 15.7. The van der Waals surface area contributed by atoms with Crippen LogP contribution >= 0.6 is 11.8 Å². The highest BCUT2D eigenvalue weighted by molar-refractivity contribution is 8.01. The fourth-order valence-corrected chi connectivity index (χ4v) is 6.92. The SMILES string of the molecule is C[C@]12CCC(=O)N1[C@H](C(=O)N1CCCC3(CCCCCC3)C1)CS2. The molecule has 3 heterocycles. The van der Waals surface area contributed by atoms with Gasteiger partial charge in [-0.05, 0) is 44.4 Å². The minimum Gasteiger partial charge on any atom is -0.340 e. The lowest BCUT2D eigenvalue weighted by molar-refractivity contribution is -0.146. The Kier molecular flexibility index (Phi) is 4.34. The second kappa shape index (κ2) is 6.22. The highest BCUT2D eigenvalue weighted by atomic mass is 32.2. The lowest BCUT2D eigenvalue weighted by atomic mass is 9.74. The van der Waals surface area contributed by atoms with Crippen molar-refractivity contribution in [3.05, 3.63) is 0 Å². The molecule has 4 aliphatic rings. The van der Waals surface area contributed by atoms with Crippen molar-refractivity contribution < 1.29 is 9.59 Å². The monoisotopic (exact) mass is 350 g/mol. The zero-order valence-electron chi connectivity index (χ0n) is 14.9. The number of carbonyl (C=O) groups is 2. The fourth-order valence-electron chi connectivity index (χ4n) is 5.50. The smallest absolute Gasteiger partial charge is 0.246 e. The summed E-state index contributed by atoms with van der Waals surface area (Å²) < 4.78 is 0. The van der Waals surface area contributed by atoms with E-state index in [1.807, 2.05) is 16.7 Å². The molecule has 4 rings (SSSR count). The van der Waals surface area contributed by atoms with E-state index in [4.69, 9.17) is 0 Å². The predicted octanol–water partition coefficient (Wildman–Crippen LogP) is 3.40. The zero-order chi connectivity index (χ0) is 16.8. The molecule has 4 nitrogen and oxygen atoms in total. The van der Waals surface area contributed by atoms with E-state index in [0.29, 0.717) is 11.8 Å². The standard InChI is InChI=1S/C19H30N2O2S/c1-18-11-7-16(22)21(18)15(13-24-18)17(23)20-12-6-10-19(14-20)8-4-2-3-5-9-19/h15H,2-14H2,1H3/t15-,18-/m0/s1. The van der Waals surface area contributed by atoms with E-state index in [0.717, 1.165) is 31.7 Å². The van der Waals surface area contributed by atoms with Crippen molar-refractivity contribution in [1.82, 2.24) is 9.80 Å². The lowest BCUT2D eigenvalue weighted by Crippen LogP contribution is -2.55. The number of rotatable bonds is 1. The van der Waals surface area contributed by atoms with Crippen LogP contribution in [0.25, 0.3) is 0 Å². The first-order valence-electron chi connectivity index (χ1n) is 9.78. The van der Waals surface area contributed by atoms with E-state index in [2.05, 4.69) is 11.8 Å². The summed E-state index contributed by atoms with van der Waals surface area (Å²) in [5, 5.41) is 0. The molecular formula is C19H30N2O2S. The Hall–Kier alpha value is -0.710. The van der Waals surface area contributed by atoms with Crippen LogP contribution in [0.3, 0.4) is 0 Å². The van der Waals surface area contributed by atoms with E-state index in [-0.39, 0.29) is 22.7 Å². The van der Waals surface area contributed by atoms with Crippen molar-refractivity contribution in [3.8, 4) is 0 Å². The molecular weight excluding hydrogens is 320 g/mol. The van der Waals surface area contributed by atoms with Crippen molar-refractivity contribution in [1.29, 1.82) is 0 Å². The first kappa shape index (κ1) is 16.7. The molecule has 1 aliphatic carbocycles. The van der Waals surface area contributed by atoms with Crippen molar-refractivity contribution in [2.24, 2.45) is 5.41 Å². The molecule has 24 heavy (non-hydrogen) atoms. The average molecular weight is 351 g/mol. The molecule has 2 atom stereocenters. The maximum atomic E-state index is 13.3. The molecule has 3 aliphatic heterocycles. The van der Waals surface area contributed by atoms with Gasteiger partial charge < -0.3 is 9.80 Å². The lowest BCUT2D eigenvalue weighted by Gasteiger charge is -2.44. The molecule has 134 valence electrons. The molecule has 0 N–H and O–H groups in total. The van der Waals surface area contributed by atoms with Crippen molar-refractivity contribution >= 4 is 23.6 Å². The second-order valence-electron chi connectivity index (χ2n) is 8.54. The topological polar surface area (TPSA) is 40.6 Å². The highest BCUT2D eigenvalue weighted by Gasteiger charge is 2.54. The maximum Gasteiger partial charge on any atom is 0.246 e. The van der Waals surface area contributed by atoms with Crippen LogP contribution in [0.1, 0.15) is 71.1 Å². The van der Waals surface area contributed by atoms with Gasteiger partial charge in [-0.2, -0.15) is 0 Å². The van der Waals surface area contributed by atoms with Gasteiger partial charge in [0.25, 0.3) is 0 Å². The number of carbonyl (C=O) groups excluding carboxylic acids is 2. The molecule has 0 bridgehead atoms. The number of amides is 2. The number of thioether (sulfide) groups is 1. The number of likely N-dealkylation sites (tertiary alicyclic amines) is 1. The molecule has 1 spiro atoms. The van der Waals surface area contributed by atoms with Gasteiger partial charge in [-0.3, -0.25) is 9.59 Å².